The van der Waals surface area contributed by atoms with Crippen LogP contribution in [0.2, 0.25) is 5.02 Å². The van der Waals surface area contributed by atoms with Gasteiger partial charge < -0.3 is 9.47 Å². The van der Waals surface area contributed by atoms with E-state index in [9.17, 15) is 13.2 Å². The number of carbonyl (C=O) groups is 1. The van der Waals surface area contributed by atoms with E-state index in [1.165, 1.54) is 12.1 Å². The molecule has 6 nitrogen and oxygen atoms in total. The smallest absolute Gasteiger partial charge is 0.339 e. The topological polar surface area (TPSA) is 95.7 Å². The summed E-state index contributed by atoms with van der Waals surface area (Å²) in [5, 5.41) is 5.12. The van der Waals surface area contributed by atoms with E-state index in [2.05, 4.69) is 0 Å². The van der Waals surface area contributed by atoms with Crippen LogP contribution in [0.15, 0.2) is 41.3 Å². The Morgan fingerprint density at radius 1 is 1.08 bits per heavy atom. The summed E-state index contributed by atoms with van der Waals surface area (Å²) in [6, 6.07) is 9.36. The zero-order valence-electron chi connectivity index (χ0n) is 13.8. The van der Waals surface area contributed by atoms with Crippen LogP contribution in [0.4, 0.5) is 0 Å². The highest BCUT2D eigenvalue weighted by molar-refractivity contribution is 7.89. The summed E-state index contributed by atoms with van der Waals surface area (Å²) in [6.07, 6.45) is 0. The lowest BCUT2D eigenvalue weighted by Crippen LogP contribution is -2.15. The van der Waals surface area contributed by atoms with E-state index in [1.807, 2.05) is 32.0 Å². The second-order valence-electron chi connectivity index (χ2n) is 5.49. The zero-order chi connectivity index (χ0) is 18.6. The summed E-state index contributed by atoms with van der Waals surface area (Å²) in [7, 11) is -3.94. The average molecular weight is 384 g/mol. The van der Waals surface area contributed by atoms with Crippen molar-refractivity contribution < 1.29 is 22.7 Å². The minimum atomic E-state index is -3.94. The predicted molar refractivity (Wildman–Crippen MR) is 94.5 cm³/mol. The molecule has 0 spiro atoms. The summed E-state index contributed by atoms with van der Waals surface area (Å²) in [5.41, 5.74) is 2.07. The molecule has 0 saturated carbocycles. The maximum atomic E-state index is 12.1. The van der Waals surface area contributed by atoms with Gasteiger partial charge in [-0.3, -0.25) is 0 Å². The van der Waals surface area contributed by atoms with Crippen molar-refractivity contribution in [2.24, 2.45) is 5.14 Å². The summed E-state index contributed by atoms with van der Waals surface area (Å²) >= 11 is 5.92. The largest absolute Gasteiger partial charge is 0.490 e. The van der Waals surface area contributed by atoms with Crippen LogP contribution in [0.25, 0.3) is 0 Å². The Bertz CT molecular complexity index is 876. The van der Waals surface area contributed by atoms with Crippen LogP contribution < -0.4 is 9.88 Å². The molecule has 0 bridgehead atoms. The van der Waals surface area contributed by atoms with Crippen molar-refractivity contribution in [3.05, 3.63) is 58.1 Å². The van der Waals surface area contributed by atoms with Crippen molar-refractivity contribution in [3.63, 3.8) is 0 Å². The zero-order valence-corrected chi connectivity index (χ0v) is 15.4. The van der Waals surface area contributed by atoms with Gasteiger partial charge in [0, 0.05) is 0 Å². The molecule has 0 amide bonds. The third-order valence-corrected chi connectivity index (χ3v) is 4.51. The lowest BCUT2D eigenvalue weighted by atomic mass is 10.1. The Morgan fingerprint density at radius 3 is 2.32 bits per heavy atom. The number of hydrogen-bond acceptors (Lipinski definition) is 5. The van der Waals surface area contributed by atoms with E-state index in [0.29, 0.717) is 5.75 Å². The van der Waals surface area contributed by atoms with Gasteiger partial charge in [-0.15, -0.1) is 0 Å². The van der Waals surface area contributed by atoms with E-state index in [0.717, 1.165) is 17.2 Å². The van der Waals surface area contributed by atoms with Crippen LogP contribution in [0.5, 0.6) is 5.75 Å². The summed E-state index contributed by atoms with van der Waals surface area (Å²) in [5.74, 6) is -0.0673. The molecule has 0 heterocycles. The number of sulfonamides is 1. The molecule has 0 atom stereocenters. The number of ether oxygens (including phenoxy) is 2. The van der Waals surface area contributed by atoms with Gasteiger partial charge in [0.05, 0.1) is 15.5 Å². The Kier molecular flexibility index (Phi) is 6.05. The average Bonchev–Trinajstić information content (AvgIpc) is 2.49. The number of primary sulfonamides is 1. The van der Waals surface area contributed by atoms with Crippen LogP contribution in [0, 0.1) is 13.8 Å². The lowest BCUT2D eigenvalue weighted by Gasteiger charge is -2.10. The molecule has 0 radical (unpaired) electrons. The Labute approximate surface area is 151 Å². The van der Waals surface area contributed by atoms with Crippen molar-refractivity contribution >= 4 is 27.6 Å². The minimum absolute atomic E-state index is 0.0121. The number of carbonyl (C=O) groups excluding carboxylic acids is 1. The molecule has 0 aliphatic rings. The SMILES string of the molecule is Cc1cc(C)cc(OCCOC(=O)c2cc(S(N)(=O)=O)ccc2Cl)c1. The van der Waals surface area contributed by atoms with Crippen molar-refractivity contribution in [2.45, 2.75) is 18.7 Å². The number of halogens is 1. The first kappa shape index (κ1) is 19.2. The first-order valence-electron chi connectivity index (χ1n) is 7.37. The molecule has 0 aliphatic heterocycles. The molecular weight excluding hydrogens is 366 g/mol. The van der Waals surface area contributed by atoms with Crippen LogP contribution in [0.3, 0.4) is 0 Å². The molecule has 2 N–H and O–H groups in total. The number of aryl methyl sites for hydroxylation is 2. The highest BCUT2D eigenvalue weighted by Crippen LogP contribution is 2.21. The fraction of sp³-hybridized carbons (Fsp3) is 0.235. The van der Waals surface area contributed by atoms with E-state index in [-0.39, 0.29) is 28.7 Å². The second-order valence-corrected chi connectivity index (χ2v) is 7.46. The quantitative estimate of drug-likeness (QED) is 0.611. The molecule has 0 fully saturated rings. The fourth-order valence-electron chi connectivity index (χ4n) is 2.23. The highest BCUT2D eigenvalue weighted by atomic mass is 35.5. The fourth-order valence-corrected chi connectivity index (χ4v) is 2.96. The number of hydrogen-bond donors (Lipinski definition) is 1. The molecule has 25 heavy (non-hydrogen) atoms. The van der Waals surface area contributed by atoms with Crippen molar-refractivity contribution in [3.8, 4) is 5.75 Å². The molecule has 134 valence electrons. The molecule has 8 heteroatoms. The molecule has 2 aromatic rings. The molecule has 0 unspecified atom stereocenters. The van der Waals surface area contributed by atoms with E-state index >= 15 is 0 Å². The van der Waals surface area contributed by atoms with Gasteiger partial charge in [-0.25, -0.2) is 18.4 Å². The number of nitrogens with two attached hydrogens (primary N) is 1. The van der Waals surface area contributed by atoms with Gasteiger partial charge in [-0.2, -0.15) is 0 Å². The third-order valence-electron chi connectivity index (χ3n) is 3.27. The van der Waals surface area contributed by atoms with Gasteiger partial charge >= 0.3 is 5.97 Å². The second kappa shape index (κ2) is 7.86. The summed E-state index contributed by atoms with van der Waals surface area (Å²) in [4.78, 5) is 11.9. The first-order chi connectivity index (χ1) is 11.7. The van der Waals surface area contributed by atoms with Gasteiger partial charge in [0.2, 0.25) is 10.0 Å². The molecule has 0 saturated heterocycles. The summed E-state index contributed by atoms with van der Waals surface area (Å²) < 4.78 is 33.3. The van der Waals surface area contributed by atoms with Gasteiger partial charge in [0.25, 0.3) is 0 Å². The number of rotatable bonds is 6. The van der Waals surface area contributed by atoms with E-state index < -0.39 is 16.0 Å². The Balaban J connectivity index is 1.96. The van der Waals surface area contributed by atoms with Crippen LogP contribution in [-0.4, -0.2) is 27.6 Å². The lowest BCUT2D eigenvalue weighted by molar-refractivity contribution is 0.0450. The van der Waals surface area contributed by atoms with Crippen molar-refractivity contribution in [1.82, 2.24) is 0 Å². The molecular formula is C17H18ClNO5S. The maximum Gasteiger partial charge on any atom is 0.339 e. The first-order valence-corrected chi connectivity index (χ1v) is 9.30. The molecule has 2 rings (SSSR count). The van der Waals surface area contributed by atoms with Gasteiger partial charge in [0.15, 0.2) is 0 Å². The van der Waals surface area contributed by atoms with Crippen LogP contribution in [0.1, 0.15) is 21.5 Å². The highest BCUT2D eigenvalue weighted by Gasteiger charge is 2.17. The Hall–Kier alpha value is -2.09. The number of benzene rings is 2. The van der Waals surface area contributed by atoms with Gasteiger partial charge in [-0.1, -0.05) is 17.7 Å². The predicted octanol–water partition coefficient (Wildman–Crippen LogP) is 2.84. The number of esters is 1. The van der Waals surface area contributed by atoms with E-state index in [1.54, 1.807) is 0 Å². The van der Waals surface area contributed by atoms with Gasteiger partial charge in [-0.05, 0) is 55.3 Å². The Morgan fingerprint density at radius 2 is 1.72 bits per heavy atom. The van der Waals surface area contributed by atoms with Crippen molar-refractivity contribution in [1.29, 1.82) is 0 Å². The van der Waals surface area contributed by atoms with E-state index in [4.69, 9.17) is 26.2 Å². The summed E-state index contributed by atoms with van der Waals surface area (Å²) in [6.45, 7) is 4.06. The standard InChI is InChI=1S/C17H18ClNO5S/c1-11-7-12(2)9-13(8-11)23-5-6-24-17(20)15-10-14(25(19,21)22)3-4-16(15)18/h3-4,7-10H,5-6H2,1-2H3,(H2,19,21,22). The molecule has 0 aliphatic carbocycles. The maximum absolute atomic E-state index is 12.1. The monoisotopic (exact) mass is 383 g/mol. The van der Waals surface area contributed by atoms with Crippen LogP contribution in [-0.2, 0) is 14.8 Å². The van der Waals surface area contributed by atoms with Crippen molar-refractivity contribution in [2.75, 3.05) is 13.2 Å². The van der Waals surface area contributed by atoms with Gasteiger partial charge in [0.1, 0.15) is 19.0 Å². The third kappa shape index (κ3) is 5.45. The molecule has 0 aromatic heterocycles. The normalized spacial score (nSPS) is 11.2. The van der Waals surface area contributed by atoms with Crippen LogP contribution >= 0.6 is 11.6 Å². The minimum Gasteiger partial charge on any atom is -0.490 e. The molecule has 2 aromatic carbocycles.